The van der Waals surface area contributed by atoms with Crippen LogP contribution in [-0.4, -0.2) is 20.4 Å². The molecule has 6 heteroatoms. The molecule has 1 heterocycles. The van der Waals surface area contributed by atoms with Crippen LogP contribution in [0.5, 0.6) is 0 Å². The standard InChI is InChI=1S/C4H8N6/c5-1-3-7-9-4(2-6)10-8-3/h1-2,5-6H2/p+2. The van der Waals surface area contributed by atoms with Crippen molar-refractivity contribution in [3.05, 3.63) is 11.6 Å². The van der Waals surface area contributed by atoms with Crippen molar-refractivity contribution >= 4 is 0 Å². The zero-order valence-corrected chi connectivity index (χ0v) is 5.62. The van der Waals surface area contributed by atoms with Crippen LogP contribution in [0.1, 0.15) is 11.6 Å². The Balaban J connectivity index is 2.80. The van der Waals surface area contributed by atoms with Crippen LogP contribution in [0.2, 0.25) is 0 Å². The fraction of sp³-hybridized carbons (Fsp3) is 0.500. The third kappa shape index (κ3) is 1.42. The number of rotatable bonds is 2. The number of hydrogen-bond donors (Lipinski definition) is 2. The van der Waals surface area contributed by atoms with E-state index in [9.17, 15) is 0 Å². The smallest absolute Gasteiger partial charge is 0.227 e. The van der Waals surface area contributed by atoms with Crippen LogP contribution in [0.15, 0.2) is 0 Å². The number of aromatic nitrogens is 4. The fourth-order valence-electron chi connectivity index (χ4n) is 0.471. The second-order valence-corrected chi connectivity index (χ2v) is 1.73. The molecule has 0 saturated carbocycles. The number of nitrogens with zero attached hydrogens (tertiary/aromatic N) is 4. The van der Waals surface area contributed by atoms with Crippen molar-refractivity contribution in [1.29, 1.82) is 0 Å². The molecular formula is C4H10N6+2. The first-order valence-corrected chi connectivity index (χ1v) is 3.00. The lowest BCUT2D eigenvalue weighted by Gasteiger charge is -1.89. The van der Waals surface area contributed by atoms with Crippen molar-refractivity contribution in [2.75, 3.05) is 0 Å². The van der Waals surface area contributed by atoms with Gasteiger partial charge in [-0.15, -0.1) is 20.4 Å². The molecule has 10 heavy (non-hydrogen) atoms. The Bertz CT molecular complexity index is 170. The van der Waals surface area contributed by atoms with E-state index in [2.05, 4.69) is 31.9 Å². The van der Waals surface area contributed by atoms with Gasteiger partial charge in [-0.05, 0) is 0 Å². The summed E-state index contributed by atoms with van der Waals surface area (Å²) in [6, 6.07) is 0. The van der Waals surface area contributed by atoms with E-state index in [0.717, 1.165) is 0 Å². The first kappa shape index (κ1) is 6.97. The quantitative estimate of drug-likeness (QED) is 0.452. The molecule has 0 fully saturated rings. The summed E-state index contributed by atoms with van der Waals surface area (Å²) < 4.78 is 0. The molecule has 0 spiro atoms. The highest BCUT2D eigenvalue weighted by Crippen LogP contribution is 1.80. The summed E-state index contributed by atoms with van der Waals surface area (Å²) in [5.74, 6) is 1.13. The molecule has 0 unspecified atom stereocenters. The maximum atomic E-state index is 3.74. The molecule has 0 aromatic carbocycles. The van der Waals surface area contributed by atoms with Crippen molar-refractivity contribution < 1.29 is 11.5 Å². The van der Waals surface area contributed by atoms with Crippen LogP contribution in [0.4, 0.5) is 0 Å². The molecule has 6 nitrogen and oxygen atoms in total. The van der Waals surface area contributed by atoms with Crippen molar-refractivity contribution in [3.63, 3.8) is 0 Å². The summed E-state index contributed by atoms with van der Waals surface area (Å²) in [5.41, 5.74) is 7.18. The number of hydrogen-bond acceptors (Lipinski definition) is 4. The van der Waals surface area contributed by atoms with Crippen LogP contribution < -0.4 is 11.5 Å². The average molecular weight is 142 g/mol. The van der Waals surface area contributed by atoms with Crippen LogP contribution in [-0.2, 0) is 13.1 Å². The number of quaternary nitrogens is 2. The molecule has 6 N–H and O–H groups in total. The van der Waals surface area contributed by atoms with Gasteiger partial charge in [-0.1, -0.05) is 0 Å². The van der Waals surface area contributed by atoms with E-state index in [0.29, 0.717) is 24.7 Å². The van der Waals surface area contributed by atoms with Crippen molar-refractivity contribution in [1.82, 2.24) is 20.4 Å². The van der Waals surface area contributed by atoms with Gasteiger partial charge in [0, 0.05) is 0 Å². The molecule has 0 saturated heterocycles. The summed E-state index contributed by atoms with van der Waals surface area (Å²) in [6.45, 7) is 1.05. The molecular weight excluding hydrogens is 132 g/mol. The van der Waals surface area contributed by atoms with Gasteiger partial charge in [0.2, 0.25) is 11.6 Å². The van der Waals surface area contributed by atoms with Crippen LogP contribution in [0, 0.1) is 0 Å². The Kier molecular flexibility index (Phi) is 2.19. The molecule has 0 bridgehead atoms. The van der Waals surface area contributed by atoms with Gasteiger partial charge in [0.25, 0.3) is 0 Å². The minimum Gasteiger partial charge on any atom is -0.351 e. The third-order valence-electron chi connectivity index (χ3n) is 1.01. The van der Waals surface area contributed by atoms with Gasteiger partial charge in [-0.2, -0.15) is 0 Å². The Morgan fingerprint density at radius 1 is 0.800 bits per heavy atom. The van der Waals surface area contributed by atoms with Gasteiger partial charge < -0.3 is 11.5 Å². The fourth-order valence-corrected chi connectivity index (χ4v) is 0.471. The third-order valence-corrected chi connectivity index (χ3v) is 1.01. The maximum Gasteiger partial charge on any atom is 0.227 e. The summed E-state index contributed by atoms with van der Waals surface area (Å²) in [5, 5.41) is 15.0. The molecule has 1 rings (SSSR count). The van der Waals surface area contributed by atoms with Crippen molar-refractivity contribution in [2.45, 2.75) is 13.1 Å². The van der Waals surface area contributed by atoms with Crippen molar-refractivity contribution in [2.24, 2.45) is 0 Å². The first-order chi connectivity index (χ1) is 4.86. The Labute approximate surface area is 57.7 Å². The van der Waals surface area contributed by atoms with E-state index < -0.39 is 0 Å². The predicted octanol–water partition coefficient (Wildman–Crippen LogP) is -3.25. The largest absolute Gasteiger partial charge is 0.351 e. The SMILES string of the molecule is [NH3+]Cc1nnc(C[NH3+])nn1. The summed E-state index contributed by atoms with van der Waals surface area (Å²) in [6.07, 6.45) is 0. The highest BCUT2D eigenvalue weighted by Gasteiger charge is 1.98. The minimum absolute atomic E-state index is 0.525. The van der Waals surface area contributed by atoms with Crippen LogP contribution in [0.3, 0.4) is 0 Å². The Morgan fingerprint density at radius 2 is 1.10 bits per heavy atom. The lowest BCUT2D eigenvalue weighted by molar-refractivity contribution is -0.391. The molecule has 0 amide bonds. The lowest BCUT2D eigenvalue weighted by Crippen LogP contribution is -2.49. The predicted molar refractivity (Wildman–Crippen MR) is 30.8 cm³/mol. The Morgan fingerprint density at radius 3 is 1.30 bits per heavy atom. The topological polar surface area (TPSA) is 107 Å². The summed E-state index contributed by atoms with van der Waals surface area (Å²) in [4.78, 5) is 0. The van der Waals surface area contributed by atoms with E-state index in [1.54, 1.807) is 0 Å². The normalized spacial score (nSPS) is 9.80. The molecule has 0 radical (unpaired) electrons. The summed E-state index contributed by atoms with van der Waals surface area (Å²) in [7, 11) is 0. The second-order valence-electron chi connectivity index (χ2n) is 1.73. The molecule has 54 valence electrons. The second kappa shape index (κ2) is 3.14. The van der Waals surface area contributed by atoms with Gasteiger partial charge in [0.05, 0.1) is 0 Å². The van der Waals surface area contributed by atoms with E-state index in [1.807, 2.05) is 0 Å². The molecule has 0 aliphatic carbocycles. The molecule has 0 atom stereocenters. The minimum atomic E-state index is 0.525. The zero-order valence-electron chi connectivity index (χ0n) is 5.62. The highest BCUT2D eigenvalue weighted by atomic mass is 15.3. The average Bonchev–Trinajstić information content (AvgIpc) is 2.05. The van der Waals surface area contributed by atoms with Gasteiger partial charge in [0.1, 0.15) is 13.1 Å². The van der Waals surface area contributed by atoms with Crippen LogP contribution in [0.25, 0.3) is 0 Å². The Hall–Kier alpha value is -1.14. The van der Waals surface area contributed by atoms with Gasteiger partial charge in [0.15, 0.2) is 0 Å². The highest BCUT2D eigenvalue weighted by molar-refractivity contribution is 4.76. The van der Waals surface area contributed by atoms with Gasteiger partial charge in [-0.3, -0.25) is 0 Å². The lowest BCUT2D eigenvalue weighted by atomic mass is 10.6. The molecule has 0 aliphatic heterocycles. The molecule has 1 aromatic heterocycles. The van der Waals surface area contributed by atoms with E-state index >= 15 is 0 Å². The molecule has 0 aliphatic rings. The van der Waals surface area contributed by atoms with Crippen LogP contribution >= 0.6 is 0 Å². The van der Waals surface area contributed by atoms with E-state index in [-0.39, 0.29) is 0 Å². The van der Waals surface area contributed by atoms with Gasteiger partial charge >= 0.3 is 0 Å². The zero-order chi connectivity index (χ0) is 7.40. The summed E-state index contributed by atoms with van der Waals surface area (Å²) >= 11 is 0. The monoisotopic (exact) mass is 142 g/mol. The maximum absolute atomic E-state index is 3.74. The van der Waals surface area contributed by atoms with E-state index in [4.69, 9.17) is 0 Å². The van der Waals surface area contributed by atoms with Crippen molar-refractivity contribution in [3.8, 4) is 0 Å². The van der Waals surface area contributed by atoms with Gasteiger partial charge in [-0.25, -0.2) is 0 Å². The first-order valence-electron chi connectivity index (χ1n) is 3.00. The molecule has 1 aromatic rings. The van der Waals surface area contributed by atoms with E-state index in [1.165, 1.54) is 0 Å².